The van der Waals surface area contributed by atoms with Crippen LogP contribution in [-0.4, -0.2) is 50.1 Å². The maximum Gasteiger partial charge on any atom is 0.252 e. The van der Waals surface area contributed by atoms with Crippen molar-refractivity contribution in [2.45, 2.75) is 6.42 Å². The summed E-state index contributed by atoms with van der Waals surface area (Å²) in [6.45, 7) is 5.79. The van der Waals surface area contributed by atoms with Gasteiger partial charge in [0, 0.05) is 43.4 Å². The Morgan fingerprint density at radius 1 is 1.00 bits per heavy atom. The van der Waals surface area contributed by atoms with Crippen molar-refractivity contribution in [1.29, 1.82) is 0 Å². The van der Waals surface area contributed by atoms with Crippen molar-refractivity contribution < 1.29 is 4.79 Å². The SMILES string of the molecule is O=C(NCCCN1CCN(c2ccccc2)CC1)c1ccc(Cl)cc1Cl. The molecule has 138 valence electrons. The first-order valence-electron chi connectivity index (χ1n) is 8.89. The van der Waals surface area contributed by atoms with Crippen LogP contribution >= 0.6 is 23.2 Å². The van der Waals surface area contributed by atoms with Crippen LogP contribution in [-0.2, 0) is 0 Å². The number of carbonyl (C=O) groups excluding carboxylic acids is 1. The molecule has 1 aliphatic heterocycles. The number of nitrogens with zero attached hydrogens (tertiary/aromatic N) is 2. The molecular formula is C20H23Cl2N3O. The molecule has 1 heterocycles. The third-order valence-electron chi connectivity index (χ3n) is 4.61. The highest BCUT2D eigenvalue weighted by Crippen LogP contribution is 2.20. The van der Waals surface area contributed by atoms with E-state index in [4.69, 9.17) is 23.2 Å². The van der Waals surface area contributed by atoms with Gasteiger partial charge in [0.25, 0.3) is 5.91 Å². The van der Waals surface area contributed by atoms with Crippen molar-refractivity contribution >= 4 is 34.8 Å². The highest BCUT2D eigenvalue weighted by molar-refractivity contribution is 6.36. The van der Waals surface area contributed by atoms with E-state index in [1.165, 1.54) is 5.69 Å². The van der Waals surface area contributed by atoms with Crippen LogP contribution in [0, 0.1) is 0 Å². The Balaban J connectivity index is 1.36. The van der Waals surface area contributed by atoms with Gasteiger partial charge in [-0.05, 0) is 43.3 Å². The van der Waals surface area contributed by atoms with Crippen molar-refractivity contribution in [2.24, 2.45) is 0 Å². The van der Waals surface area contributed by atoms with Crippen LogP contribution in [0.1, 0.15) is 16.8 Å². The molecule has 3 rings (SSSR count). The second kappa shape index (κ2) is 9.26. The Kier molecular flexibility index (Phi) is 6.78. The number of hydrogen-bond acceptors (Lipinski definition) is 3. The van der Waals surface area contributed by atoms with Crippen molar-refractivity contribution in [1.82, 2.24) is 10.2 Å². The molecule has 26 heavy (non-hydrogen) atoms. The molecule has 0 atom stereocenters. The first-order valence-corrected chi connectivity index (χ1v) is 9.65. The number of benzene rings is 2. The Hall–Kier alpha value is -1.75. The summed E-state index contributed by atoms with van der Waals surface area (Å²) in [6.07, 6.45) is 0.919. The van der Waals surface area contributed by atoms with Gasteiger partial charge in [-0.3, -0.25) is 9.69 Å². The predicted octanol–water partition coefficient (Wildman–Crippen LogP) is 3.94. The van der Waals surface area contributed by atoms with Gasteiger partial charge in [-0.2, -0.15) is 0 Å². The van der Waals surface area contributed by atoms with Crippen LogP contribution < -0.4 is 10.2 Å². The lowest BCUT2D eigenvalue weighted by atomic mass is 10.2. The topological polar surface area (TPSA) is 35.6 Å². The molecule has 0 radical (unpaired) electrons. The monoisotopic (exact) mass is 391 g/mol. The summed E-state index contributed by atoms with van der Waals surface area (Å²) >= 11 is 11.9. The van der Waals surface area contributed by atoms with Gasteiger partial charge in [0.2, 0.25) is 0 Å². The predicted molar refractivity (Wildman–Crippen MR) is 109 cm³/mol. The summed E-state index contributed by atoms with van der Waals surface area (Å²) in [5.41, 5.74) is 1.76. The molecule has 0 bridgehead atoms. The zero-order valence-electron chi connectivity index (χ0n) is 14.6. The first-order chi connectivity index (χ1) is 12.6. The molecule has 4 nitrogen and oxygen atoms in total. The van der Waals surface area contributed by atoms with Crippen LogP contribution in [0.4, 0.5) is 5.69 Å². The molecule has 1 amide bonds. The van der Waals surface area contributed by atoms with Gasteiger partial charge in [-0.15, -0.1) is 0 Å². The molecule has 2 aromatic rings. The Morgan fingerprint density at radius 3 is 2.42 bits per heavy atom. The lowest BCUT2D eigenvalue weighted by Crippen LogP contribution is -2.47. The number of amides is 1. The number of hydrogen-bond donors (Lipinski definition) is 1. The highest BCUT2D eigenvalue weighted by Gasteiger charge is 2.16. The lowest BCUT2D eigenvalue weighted by molar-refractivity contribution is 0.0951. The van der Waals surface area contributed by atoms with Gasteiger partial charge in [-0.25, -0.2) is 0 Å². The minimum Gasteiger partial charge on any atom is -0.369 e. The van der Waals surface area contributed by atoms with E-state index in [0.29, 0.717) is 22.2 Å². The first kappa shape index (κ1) is 19.0. The molecule has 1 fully saturated rings. The van der Waals surface area contributed by atoms with Crippen molar-refractivity contribution in [3.63, 3.8) is 0 Å². The minimum absolute atomic E-state index is 0.152. The maximum absolute atomic E-state index is 12.2. The zero-order chi connectivity index (χ0) is 18.4. The summed E-state index contributed by atoms with van der Waals surface area (Å²) in [4.78, 5) is 17.0. The Morgan fingerprint density at radius 2 is 1.73 bits per heavy atom. The van der Waals surface area contributed by atoms with Gasteiger partial charge >= 0.3 is 0 Å². The average molecular weight is 392 g/mol. The molecular weight excluding hydrogens is 369 g/mol. The summed E-state index contributed by atoms with van der Waals surface area (Å²) in [5.74, 6) is -0.152. The van der Waals surface area contributed by atoms with E-state index in [1.807, 2.05) is 6.07 Å². The zero-order valence-corrected chi connectivity index (χ0v) is 16.1. The van der Waals surface area contributed by atoms with E-state index in [0.717, 1.165) is 39.1 Å². The molecule has 0 saturated carbocycles. The number of piperazine rings is 1. The largest absolute Gasteiger partial charge is 0.369 e. The number of carbonyl (C=O) groups is 1. The van der Waals surface area contributed by atoms with Crippen LogP contribution in [0.25, 0.3) is 0 Å². The average Bonchev–Trinajstić information content (AvgIpc) is 2.66. The smallest absolute Gasteiger partial charge is 0.252 e. The van der Waals surface area contributed by atoms with Crippen LogP contribution in [0.3, 0.4) is 0 Å². The molecule has 1 N–H and O–H groups in total. The number of nitrogens with one attached hydrogen (secondary N) is 1. The van der Waals surface area contributed by atoms with Crippen LogP contribution in [0.2, 0.25) is 10.0 Å². The van der Waals surface area contributed by atoms with E-state index in [-0.39, 0.29) is 5.91 Å². The van der Waals surface area contributed by atoms with Crippen molar-refractivity contribution in [3.8, 4) is 0 Å². The fourth-order valence-electron chi connectivity index (χ4n) is 3.14. The maximum atomic E-state index is 12.2. The third kappa shape index (κ3) is 5.13. The number of rotatable bonds is 6. The molecule has 0 unspecified atom stereocenters. The van der Waals surface area contributed by atoms with E-state index in [2.05, 4.69) is 39.4 Å². The van der Waals surface area contributed by atoms with Crippen molar-refractivity contribution in [3.05, 3.63) is 64.1 Å². The summed E-state index contributed by atoms with van der Waals surface area (Å²) in [7, 11) is 0. The van der Waals surface area contributed by atoms with E-state index in [1.54, 1.807) is 18.2 Å². The van der Waals surface area contributed by atoms with Crippen LogP contribution in [0.15, 0.2) is 48.5 Å². The second-order valence-corrected chi connectivity index (χ2v) is 7.24. The standard InChI is InChI=1S/C20H23Cl2N3O/c21-16-7-8-18(19(22)15-16)20(26)23-9-4-10-24-11-13-25(14-12-24)17-5-2-1-3-6-17/h1-3,5-8,15H,4,9-14H2,(H,23,26). The van der Waals surface area contributed by atoms with Crippen molar-refractivity contribution in [2.75, 3.05) is 44.2 Å². The molecule has 1 saturated heterocycles. The Bertz CT molecular complexity index is 731. The fourth-order valence-corrected chi connectivity index (χ4v) is 3.64. The van der Waals surface area contributed by atoms with Crippen LogP contribution in [0.5, 0.6) is 0 Å². The van der Waals surface area contributed by atoms with E-state index >= 15 is 0 Å². The Labute approximate surface area is 164 Å². The molecule has 1 aliphatic rings. The quantitative estimate of drug-likeness (QED) is 0.757. The normalized spacial score (nSPS) is 15.1. The molecule has 6 heteroatoms. The highest BCUT2D eigenvalue weighted by atomic mass is 35.5. The van der Waals surface area contributed by atoms with E-state index in [9.17, 15) is 4.79 Å². The molecule has 0 aromatic heterocycles. The number of para-hydroxylation sites is 1. The molecule has 0 spiro atoms. The lowest BCUT2D eigenvalue weighted by Gasteiger charge is -2.36. The minimum atomic E-state index is -0.152. The summed E-state index contributed by atoms with van der Waals surface area (Å²) in [6, 6.07) is 15.4. The summed E-state index contributed by atoms with van der Waals surface area (Å²) < 4.78 is 0. The fraction of sp³-hybridized carbons (Fsp3) is 0.350. The van der Waals surface area contributed by atoms with Gasteiger partial charge in [0.1, 0.15) is 0 Å². The third-order valence-corrected chi connectivity index (χ3v) is 5.15. The van der Waals surface area contributed by atoms with E-state index < -0.39 is 0 Å². The summed E-state index contributed by atoms with van der Waals surface area (Å²) in [5, 5.41) is 3.84. The molecule has 0 aliphatic carbocycles. The number of anilines is 1. The van der Waals surface area contributed by atoms with Gasteiger partial charge in [-0.1, -0.05) is 41.4 Å². The molecule has 2 aromatic carbocycles. The van der Waals surface area contributed by atoms with Gasteiger partial charge < -0.3 is 10.2 Å². The van der Waals surface area contributed by atoms with Gasteiger partial charge in [0.05, 0.1) is 10.6 Å². The number of halogens is 2. The second-order valence-electron chi connectivity index (χ2n) is 6.40. The van der Waals surface area contributed by atoms with Gasteiger partial charge in [0.15, 0.2) is 0 Å².